The molecule has 2 aliphatic rings. The maximum Gasteiger partial charge on any atom is 0.263 e. The van der Waals surface area contributed by atoms with Crippen LogP contribution in [0, 0.1) is 11.3 Å². The van der Waals surface area contributed by atoms with E-state index in [1.165, 1.54) is 12.8 Å². The van der Waals surface area contributed by atoms with E-state index >= 15 is 0 Å². The van der Waals surface area contributed by atoms with Crippen molar-refractivity contribution in [2.24, 2.45) is 0 Å². The van der Waals surface area contributed by atoms with Crippen molar-refractivity contribution in [3.63, 3.8) is 0 Å². The van der Waals surface area contributed by atoms with Crippen molar-refractivity contribution >= 4 is 5.91 Å². The van der Waals surface area contributed by atoms with Crippen molar-refractivity contribution in [2.75, 3.05) is 20.1 Å². The molecule has 5 nitrogen and oxygen atoms in total. The lowest BCUT2D eigenvalue weighted by Gasteiger charge is -2.34. The first-order valence-electron chi connectivity index (χ1n) is 8.77. The Morgan fingerprint density at radius 2 is 2.04 bits per heavy atom. The Balaban J connectivity index is 1.67. The van der Waals surface area contributed by atoms with E-state index in [0.717, 1.165) is 25.9 Å². The second-order valence-corrected chi connectivity index (χ2v) is 6.83. The quantitative estimate of drug-likeness (QED) is 0.852. The van der Waals surface area contributed by atoms with Crippen LogP contribution in [-0.4, -0.2) is 54.0 Å². The fourth-order valence-corrected chi connectivity index (χ4v) is 4.02. The smallest absolute Gasteiger partial charge is 0.263 e. The van der Waals surface area contributed by atoms with Crippen molar-refractivity contribution in [1.29, 1.82) is 5.26 Å². The summed E-state index contributed by atoms with van der Waals surface area (Å²) in [6.07, 6.45) is 4.00. The van der Waals surface area contributed by atoms with E-state index in [2.05, 4.69) is 18.0 Å². The van der Waals surface area contributed by atoms with Crippen LogP contribution in [0.2, 0.25) is 0 Å². The molecule has 0 spiro atoms. The Labute approximate surface area is 143 Å². The van der Waals surface area contributed by atoms with Gasteiger partial charge in [0.15, 0.2) is 6.10 Å². The molecule has 5 heteroatoms. The zero-order valence-corrected chi connectivity index (χ0v) is 14.4. The summed E-state index contributed by atoms with van der Waals surface area (Å²) < 4.78 is 5.81. The molecule has 1 aromatic rings. The van der Waals surface area contributed by atoms with Crippen molar-refractivity contribution < 1.29 is 9.53 Å². The SMILES string of the molecule is C[C@H](Oc1cccc(C#N)c1)C(=O)N1CCC[C@H]1[C@@H]1CCCN1C. The van der Waals surface area contributed by atoms with E-state index < -0.39 is 6.10 Å². The Kier molecular flexibility index (Phi) is 5.06. The number of likely N-dealkylation sites (N-methyl/N-ethyl adjacent to an activating group) is 1. The fraction of sp³-hybridized carbons (Fsp3) is 0.579. The van der Waals surface area contributed by atoms with Gasteiger partial charge in [-0.05, 0) is 64.4 Å². The summed E-state index contributed by atoms with van der Waals surface area (Å²) in [6.45, 7) is 3.74. The lowest BCUT2D eigenvalue weighted by Crippen LogP contribution is -2.50. The summed E-state index contributed by atoms with van der Waals surface area (Å²) in [7, 11) is 2.16. The van der Waals surface area contributed by atoms with Crippen molar-refractivity contribution in [1.82, 2.24) is 9.80 Å². The van der Waals surface area contributed by atoms with E-state index in [4.69, 9.17) is 10.00 Å². The van der Waals surface area contributed by atoms with Crippen molar-refractivity contribution in [3.8, 4) is 11.8 Å². The molecule has 1 amide bonds. The van der Waals surface area contributed by atoms with E-state index in [0.29, 0.717) is 23.4 Å². The molecule has 0 N–H and O–H groups in total. The molecular formula is C19H25N3O2. The third-order valence-corrected chi connectivity index (χ3v) is 5.23. The Morgan fingerprint density at radius 1 is 1.29 bits per heavy atom. The van der Waals surface area contributed by atoms with Crippen LogP contribution < -0.4 is 4.74 Å². The zero-order valence-electron chi connectivity index (χ0n) is 14.4. The summed E-state index contributed by atoms with van der Waals surface area (Å²) in [6, 6.07) is 9.85. The van der Waals surface area contributed by atoms with E-state index in [-0.39, 0.29) is 5.91 Å². The molecule has 2 aliphatic heterocycles. The van der Waals surface area contributed by atoms with Crippen LogP contribution in [0.5, 0.6) is 5.75 Å². The number of hydrogen-bond donors (Lipinski definition) is 0. The van der Waals surface area contributed by atoms with Gasteiger partial charge in [0.1, 0.15) is 5.75 Å². The number of likely N-dealkylation sites (tertiary alicyclic amines) is 2. The summed E-state index contributed by atoms with van der Waals surface area (Å²) in [5.41, 5.74) is 0.541. The van der Waals surface area contributed by atoms with Gasteiger partial charge in [-0.2, -0.15) is 5.26 Å². The average Bonchev–Trinajstić information content (AvgIpc) is 3.22. The van der Waals surface area contributed by atoms with Gasteiger partial charge in [-0.1, -0.05) is 6.07 Å². The summed E-state index contributed by atoms with van der Waals surface area (Å²) in [4.78, 5) is 17.3. The molecule has 0 bridgehead atoms. The lowest BCUT2D eigenvalue weighted by molar-refractivity contribution is -0.139. The van der Waals surface area contributed by atoms with Crippen LogP contribution in [0.3, 0.4) is 0 Å². The largest absolute Gasteiger partial charge is 0.481 e. The average molecular weight is 327 g/mol. The first-order chi connectivity index (χ1) is 11.6. The minimum absolute atomic E-state index is 0.0557. The highest BCUT2D eigenvalue weighted by Crippen LogP contribution is 2.29. The van der Waals surface area contributed by atoms with Crippen LogP contribution in [0.25, 0.3) is 0 Å². The summed E-state index contributed by atoms with van der Waals surface area (Å²) in [5, 5.41) is 8.97. The molecule has 2 saturated heterocycles. The summed E-state index contributed by atoms with van der Waals surface area (Å²) >= 11 is 0. The van der Waals surface area contributed by atoms with Crippen LogP contribution in [0.15, 0.2) is 24.3 Å². The molecule has 3 rings (SSSR count). The second-order valence-electron chi connectivity index (χ2n) is 6.83. The lowest BCUT2D eigenvalue weighted by atomic mass is 10.0. The normalized spacial score (nSPS) is 25.5. The number of amides is 1. The predicted octanol–water partition coefficient (Wildman–Crippen LogP) is 2.41. The van der Waals surface area contributed by atoms with E-state index in [1.807, 2.05) is 4.90 Å². The maximum atomic E-state index is 12.9. The molecule has 128 valence electrons. The molecule has 0 radical (unpaired) electrons. The highest BCUT2D eigenvalue weighted by atomic mass is 16.5. The van der Waals surface area contributed by atoms with Gasteiger partial charge >= 0.3 is 0 Å². The van der Waals surface area contributed by atoms with Gasteiger partial charge in [-0.25, -0.2) is 0 Å². The Bertz CT molecular complexity index is 640. The fourth-order valence-electron chi connectivity index (χ4n) is 4.02. The van der Waals surface area contributed by atoms with E-state index in [9.17, 15) is 4.79 Å². The first-order valence-corrected chi connectivity index (χ1v) is 8.77. The monoisotopic (exact) mass is 327 g/mol. The number of nitrogens with zero attached hydrogens (tertiary/aromatic N) is 3. The molecule has 0 saturated carbocycles. The van der Waals surface area contributed by atoms with Crippen molar-refractivity contribution in [3.05, 3.63) is 29.8 Å². The molecule has 2 heterocycles. The minimum Gasteiger partial charge on any atom is -0.481 e. The van der Waals surface area contributed by atoms with Gasteiger partial charge in [0.05, 0.1) is 11.6 Å². The van der Waals surface area contributed by atoms with Gasteiger partial charge in [-0.15, -0.1) is 0 Å². The number of rotatable bonds is 4. The molecule has 0 aliphatic carbocycles. The molecule has 0 aromatic heterocycles. The molecule has 3 atom stereocenters. The van der Waals surface area contributed by atoms with Gasteiger partial charge < -0.3 is 14.5 Å². The Hall–Kier alpha value is -2.06. The highest BCUT2D eigenvalue weighted by Gasteiger charge is 2.39. The number of carbonyl (C=O) groups is 1. The van der Waals surface area contributed by atoms with E-state index in [1.54, 1.807) is 31.2 Å². The van der Waals surface area contributed by atoms with Crippen LogP contribution in [0.1, 0.15) is 38.2 Å². The topological polar surface area (TPSA) is 56.6 Å². The third kappa shape index (κ3) is 3.39. The standard InChI is InChI=1S/C19H25N3O2/c1-14(24-16-7-3-6-15(12-16)13-20)19(23)22-11-5-9-18(22)17-8-4-10-21(17)2/h3,6-7,12,14,17-18H,4-5,8-11H2,1-2H3/t14-,17-,18-/m0/s1. The van der Waals surface area contributed by atoms with Crippen LogP contribution in [-0.2, 0) is 4.79 Å². The predicted molar refractivity (Wildman–Crippen MR) is 91.6 cm³/mol. The summed E-state index contributed by atoms with van der Waals surface area (Å²) in [5.74, 6) is 0.629. The molecule has 2 fully saturated rings. The van der Waals surface area contributed by atoms with Crippen LogP contribution in [0.4, 0.5) is 0 Å². The number of nitriles is 1. The van der Waals surface area contributed by atoms with Gasteiger partial charge in [-0.3, -0.25) is 4.79 Å². The van der Waals surface area contributed by atoms with Gasteiger partial charge in [0, 0.05) is 18.6 Å². The van der Waals surface area contributed by atoms with Gasteiger partial charge in [0.2, 0.25) is 0 Å². The molecule has 1 aromatic carbocycles. The minimum atomic E-state index is -0.536. The highest BCUT2D eigenvalue weighted by molar-refractivity contribution is 5.81. The number of carbonyl (C=O) groups excluding carboxylic acids is 1. The zero-order chi connectivity index (χ0) is 17.1. The van der Waals surface area contributed by atoms with Crippen molar-refractivity contribution in [2.45, 2.75) is 50.8 Å². The molecule has 0 unspecified atom stereocenters. The number of ether oxygens (including phenoxy) is 1. The second kappa shape index (κ2) is 7.23. The Morgan fingerprint density at radius 3 is 2.75 bits per heavy atom. The van der Waals surface area contributed by atoms with Crippen LogP contribution >= 0.6 is 0 Å². The third-order valence-electron chi connectivity index (χ3n) is 5.23. The molecular weight excluding hydrogens is 302 g/mol. The first kappa shape index (κ1) is 16.8. The number of benzene rings is 1. The molecule has 24 heavy (non-hydrogen) atoms. The maximum absolute atomic E-state index is 12.9. The van der Waals surface area contributed by atoms with Gasteiger partial charge in [0.25, 0.3) is 5.91 Å². The number of hydrogen-bond acceptors (Lipinski definition) is 4.